The Bertz CT molecular complexity index is 218. The number of hydrogen-bond donors (Lipinski definition) is 2. The Morgan fingerprint density at radius 3 is 2.76 bits per heavy atom. The molecule has 2 unspecified atom stereocenters. The van der Waals surface area contributed by atoms with Gasteiger partial charge in [0.25, 0.3) is 0 Å². The fourth-order valence-electron chi connectivity index (χ4n) is 2.53. The largest absolute Gasteiger partial charge is 0.392 e. The Morgan fingerprint density at radius 2 is 2.18 bits per heavy atom. The van der Waals surface area contributed by atoms with Gasteiger partial charge in [-0.3, -0.25) is 0 Å². The lowest BCUT2D eigenvalue weighted by atomic mass is 9.84. The van der Waals surface area contributed by atoms with Crippen molar-refractivity contribution in [1.29, 1.82) is 0 Å². The number of piperidine rings is 1. The molecule has 0 aliphatic carbocycles. The van der Waals surface area contributed by atoms with Crippen molar-refractivity contribution in [3.05, 3.63) is 0 Å². The van der Waals surface area contributed by atoms with Crippen LogP contribution < -0.4 is 5.32 Å². The maximum atomic E-state index is 9.70. The van der Waals surface area contributed by atoms with Crippen molar-refractivity contribution in [2.75, 3.05) is 26.2 Å². The molecule has 1 saturated heterocycles. The predicted molar refractivity (Wildman–Crippen MR) is 73.2 cm³/mol. The highest BCUT2D eigenvalue weighted by atomic mass is 16.3. The van der Waals surface area contributed by atoms with E-state index in [1.165, 1.54) is 6.42 Å². The van der Waals surface area contributed by atoms with Crippen LogP contribution in [0.15, 0.2) is 0 Å². The molecule has 0 saturated carbocycles. The fraction of sp³-hybridized carbons (Fsp3) is 1.00. The monoisotopic (exact) mass is 242 g/mol. The molecule has 1 fully saturated rings. The normalized spacial score (nSPS) is 24.9. The quantitative estimate of drug-likeness (QED) is 0.746. The highest BCUT2D eigenvalue weighted by molar-refractivity contribution is 4.85. The van der Waals surface area contributed by atoms with E-state index in [4.69, 9.17) is 0 Å². The summed E-state index contributed by atoms with van der Waals surface area (Å²) in [6.45, 7) is 13.3. The fourth-order valence-corrected chi connectivity index (χ4v) is 2.53. The minimum atomic E-state index is -0.113. The molecule has 1 heterocycles. The predicted octanol–water partition coefficient (Wildman–Crippen LogP) is 1.86. The van der Waals surface area contributed by atoms with Crippen LogP contribution in [-0.2, 0) is 0 Å². The molecule has 2 N–H and O–H groups in total. The van der Waals surface area contributed by atoms with Crippen LogP contribution in [0.3, 0.4) is 0 Å². The zero-order valence-electron chi connectivity index (χ0n) is 12.0. The average Bonchev–Trinajstić information content (AvgIpc) is 2.25. The second-order valence-corrected chi connectivity index (χ2v) is 6.20. The maximum absolute atomic E-state index is 9.70. The summed E-state index contributed by atoms with van der Waals surface area (Å²) in [6, 6.07) is 0.515. The van der Waals surface area contributed by atoms with Crippen molar-refractivity contribution in [2.45, 2.75) is 59.1 Å². The van der Waals surface area contributed by atoms with Crippen LogP contribution in [0.25, 0.3) is 0 Å². The van der Waals surface area contributed by atoms with E-state index in [-0.39, 0.29) is 11.5 Å². The van der Waals surface area contributed by atoms with Crippen molar-refractivity contribution in [2.24, 2.45) is 5.41 Å². The van der Waals surface area contributed by atoms with Gasteiger partial charge in [-0.15, -0.1) is 0 Å². The van der Waals surface area contributed by atoms with Crippen LogP contribution in [0, 0.1) is 5.41 Å². The first-order valence-corrected chi connectivity index (χ1v) is 7.09. The minimum absolute atomic E-state index is 0.113. The highest BCUT2D eigenvalue weighted by Gasteiger charge is 2.29. The molecular formula is C14H30N2O. The Hall–Kier alpha value is -0.120. The lowest BCUT2D eigenvalue weighted by Crippen LogP contribution is -2.50. The maximum Gasteiger partial charge on any atom is 0.0667 e. The number of rotatable bonds is 6. The lowest BCUT2D eigenvalue weighted by molar-refractivity contribution is 0.0430. The Morgan fingerprint density at radius 1 is 1.47 bits per heavy atom. The van der Waals surface area contributed by atoms with E-state index in [1.54, 1.807) is 0 Å². The second-order valence-electron chi connectivity index (χ2n) is 6.20. The van der Waals surface area contributed by atoms with E-state index in [0.29, 0.717) is 6.04 Å². The van der Waals surface area contributed by atoms with Gasteiger partial charge in [0.2, 0.25) is 0 Å². The average molecular weight is 242 g/mol. The third-order valence-electron chi connectivity index (χ3n) is 3.98. The molecule has 2 atom stereocenters. The summed E-state index contributed by atoms with van der Waals surface area (Å²) in [5.74, 6) is 0. The van der Waals surface area contributed by atoms with Crippen LogP contribution in [0.4, 0.5) is 0 Å². The molecule has 0 aromatic rings. The van der Waals surface area contributed by atoms with E-state index in [2.05, 4.69) is 37.9 Å². The van der Waals surface area contributed by atoms with Crippen molar-refractivity contribution in [3.8, 4) is 0 Å². The molecule has 1 rings (SSSR count). The van der Waals surface area contributed by atoms with Crippen LogP contribution in [0.1, 0.15) is 47.0 Å². The molecule has 3 heteroatoms. The van der Waals surface area contributed by atoms with E-state index in [0.717, 1.165) is 39.0 Å². The van der Waals surface area contributed by atoms with Crippen molar-refractivity contribution >= 4 is 0 Å². The SMILES string of the molecule is CCCNC(C)C(C)(C)CN1CCCC(O)C1. The van der Waals surface area contributed by atoms with Crippen LogP contribution in [-0.4, -0.2) is 48.3 Å². The van der Waals surface area contributed by atoms with Gasteiger partial charge in [0, 0.05) is 19.1 Å². The van der Waals surface area contributed by atoms with Gasteiger partial charge in [-0.25, -0.2) is 0 Å². The molecule has 0 radical (unpaired) electrons. The molecular weight excluding hydrogens is 212 g/mol. The third-order valence-corrected chi connectivity index (χ3v) is 3.98. The van der Waals surface area contributed by atoms with Gasteiger partial charge in [0.1, 0.15) is 0 Å². The summed E-state index contributed by atoms with van der Waals surface area (Å²) in [4.78, 5) is 2.41. The summed E-state index contributed by atoms with van der Waals surface area (Å²) in [7, 11) is 0. The molecule has 1 aliphatic rings. The number of hydrogen-bond acceptors (Lipinski definition) is 3. The number of nitrogens with one attached hydrogen (secondary N) is 1. The second kappa shape index (κ2) is 6.72. The molecule has 0 spiro atoms. The first kappa shape index (κ1) is 14.9. The molecule has 0 amide bonds. The zero-order valence-corrected chi connectivity index (χ0v) is 12.0. The van der Waals surface area contributed by atoms with Crippen LogP contribution in [0.2, 0.25) is 0 Å². The summed E-state index contributed by atoms with van der Waals surface area (Å²) in [5, 5.41) is 13.3. The Kier molecular flexibility index (Phi) is 5.90. The summed E-state index contributed by atoms with van der Waals surface area (Å²) in [5.41, 5.74) is 0.256. The van der Waals surface area contributed by atoms with Crippen LogP contribution >= 0.6 is 0 Å². The van der Waals surface area contributed by atoms with E-state index in [1.807, 2.05) is 0 Å². The highest BCUT2D eigenvalue weighted by Crippen LogP contribution is 2.24. The number of likely N-dealkylation sites (tertiary alicyclic amines) is 1. The van der Waals surface area contributed by atoms with Gasteiger partial charge in [-0.1, -0.05) is 20.8 Å². The number of aliphatic hydroxyl groups is 1. The summed E-state index contributed by atoms with van der Waals surface area (Å²) in [6.07, 6.45) is 3.18. The number of nitrogens with zero attached hydrogens (tertiary/aromatic N) is 1. The van der Waals surface area contributed by atoms with Crippen molar-refractivity contribution < 1.29 is 5.11 Å². The molecule has 0 aromatic heterocycles. The van der Waals surface area contributed by atoms with Gasteiger partial charge >= 0.3 is 0 Å². The van der Waals surface area contributed by atoms with Crippen molar-refractivity contribution in [3.63, 3.8) is 0 Å². The smallest absolute Gasteiger partial charge is 0.0667 e. The Balaban J connectivity index is 2.41. The molecule has 17 heavy (non-hydrogen) atoms. The van der Waals surface area contributed by atoms with Gasteiger partial charge in [0.05, 0.1) is 6.10 Å². The topological polar surface area (TPSA) is 35.5 Å². The standard InChI is InChI=1S/C14H30N2O/c1-5-8-15-12(2)14(3,4)11-16-9-6-7-13(17)10-16/h12-13,15,17H,5-11H2,1-4H3. The first-order chi connectivity index (χ1) is 7.95. The first-order valence-electron chi connectivity index (χ1n) is 7.09. The Labute approximate surface area is 107 Å². The summed E-state index contributed by atoms with van der Waals surface area (Å²) < 4.78 is 0. The lowest BCUT2D eigenvalue weighted by Gasteiger charge is -2.40. The van der Waals surface area contributed by atoms with E-state index >= 15 is 0 Å². The molecule has 0 bridgehead atoms. The van der Waals surface area contributed by atoms with Gasteiger partial charge in [-0.2, -0.15) is 0 Å². The van der Waals surface area contributed by atoms with Gasteiger partial charge in [-0.05, 0) is 44.7 Å². The molecule has 102 valence electrons. The molecule has 1 aliphatic heterocycles. The van der Waals surface area contributed by atoms with Crippen molar-refractivity contribution in [1.82, 2.24) is 10.2 Å². The zero-order chi connectivity index (χ0) is 12.9. The van der Waals surface area contributed by atoms with E-state index in [9.17, 15) is 5.11 Å². The van der Waals surface area contributed by atoms with E-state index < -0.39 is 0 Å². The summed E-state index contributed by atoms with van der Waals surface area (Å²) >= 11 is 0. The third kappa shape index (κ3) is 4.94. The number of β-amino-alcohol motifs (C(OH)–C–C–N with tert-alkyl or cyclic N) is 1. The minimum Gasteiger partial charge on any atom is -0.392 e. The molecule has 0 aromatic carbocycles. The van der Waals surface area contributed by atoms with Crippen LogP contribution in [0.5, 0.6) is 0 Å². The number of aliphatic hydroxyl groups excluding tert-OH is 1. The molecule has 3 nitrogen and oxygen atoms in total. The van der Waals surface area contributed by atoms with Gasteiger partial charge < -0.3 is 15.3 Å². The van der Waals surface area contributed by atoms with Gasteiger partial charge in [0.15, 0.2) is 0 Å².